The highest BCUT2D eigenvalue weighted by atomic mass is 19.3. The van der Waals surface area contributed by atoms with Gasteiger partial charge in [0, 0.05) is 12.5 Å². The van der Waals surface area contributed by atoms with Crippen molar-refractivity contribution in [2.24, 2.45) is 5.73 Å². The third-order valence-corrected chi connectivity index (χ3v) is 1.65. The van der Waals surface area contributed by atoms with E-state index in [1.54, 1.807) is 0 Å². The Labute approximate surface area is 51.7 Å². The molecule has 0 aromatic rings. The normalized spacial score (nSPS) is 41.3. The lowest BCUT2D eigenvalue weighted by Crippen LogP contribution is -2.38. The molecule has 2 nitrogen and oxygen atoms in total. The molecule has 1 aliphatic carbocycles. The van der Waals surface area contributed by atoms with Crippen molar-refractivity contribution < 1.29 is 13.9 Å². The summed E-state index contributed by atoms with van der Waals surface area (Å²) in [5, 5.41) is 8.65. The molecule has 0 radical (unpaired) electrons. The predicted molar refractivity (Wildman–Crippen MR) is 28.2 cm³/mol. The van der Waals surface area contributed by atoms with Crippen LogP contribution in [-0.2, 0) is 0 Å². The third-order valence-electron chi connectivity index (χ3n) is 1.65. The highest BCUT2D eigenvalue weighted by Crippen LogP contribution is 2.33. The van der Waals surface area contributed by atoms with Crippen molar-refractivity contribution in [2.45, 2.75) is 30.9 Å². The van der Waals surface area contributed by atoms with E-state index in [1.807, 2.05) is 0 Å². The lowest BCUT2D eigenvalue weighted by atomic mass is 10.2. The van der Waals surface area contributed by atoms with Crippen LogP contribution in [0.1, 0.15) is 12.8 Å². The Morgan fingerprint density at radius 3 is 2.22 bits per heavy atom. The second kappa shape index (κ2) is 1.88. The minimum Gasteiger partial charge on any atom is -0.385 e. The number of aliphatic hydroxyl groups excluding tert-OH is 1. The Bertz CT molecular complexity index is 118. The van der Waals surface area contributed by atoms with Crippen molar-refractivity contribution >= 4 is 0 Å². The standard InChI is InChI=1S/C5H9F2NO/c6-5(7)2-1-3(8)4(5)9/h3-4,9H,1-2,8H2/t3-,4+/m1/s1. The maximum Gasteiger partial charge on any atom is 0.275 e. The van der Waals surface area contributed by atoms with Gasteiger partial charge in [0.25, 0.3) is 5.92 Å². The lowest BCUT2D eigenvalue weighted by Gasteiger charge is -2.14. The Hall–Kier alpha value is -0.220. The first-order valence-electron chi connectivity index (χ1n) is 2.85. The molecule has 1 rings (SSSR count). The maximum atomic E-state index is 12.3. The number of alkyl halides is 2. The Morgan fingerprint density at radius 2 is 2.11 bits per heavy atom. The summed E-state index contributed by atoms with van der Waals surface area (Å²) in [5.41, 5.74) is 5.12. The Morgan fingerprint density at radius 1 is 1.56 bits per heavy atom. The highest BCUT2D eigenvalue weighted by molar-refractivity contribution is 4.92. The van der Waals surface area contributed by atoms with Gasteiger partial charge in [0.2, 0.25) is 0 Å². The van der Waals surface area contributed by atoms with Gasteiger partial charge < -0.3 is 10.8 Å². The SMILES string of the molecule is N[C@@H]1CCC(F)(F)[C@H]1O. The molecule has 2 atom stereocenters. The first kappa shape index (κ1) is 6.89. The molecular formula is C5H9F2NO. The van der Waals surface area contributed by atoms with E-state index in [0.717, 1.165) is 0 Å². The lowest BCUT2D eigenvalue weighted by molar-refractivity contribution is -0.0891. The van der Waals surface area contributed by atoms with Crippen LogP contribution in [0.4, 0.5) is 8.78 Å². The zero-order valence-electron chi connectivity index (χ0n) is 4.85. The monoisotopic (exact) mass is 137 g/mol. The first-order chi connectivity index (χ1) is 4.04. The van der Waals surface area contributed by atoms with Gasteiger partial charge in [-0.3, -0.25) is 0 Å². The molecule has 1 fully saturated rings. The summed E-state index contributed by atoms with van der Waals surface area (Å²) in [6.07, 6.45) is -1.69. The summed E-state index contributed by atoms with van der Waals surface area (Å²) >= 11 is 0. The van der Waals surface area contributed by atoms with Gasteiger partial charge >= 0.3 is 0 Å². The summed E-state index contributed by atoms with van der Waals surface area (Å²) in [6, 6.07) is -0.736. The summed E-state index contributed by atoms with van der Waals surface area (Å²) in [4.78, 5) is 0. The van der Waals surface area contributed by atoms with Gasteiger partial charge in [-0.15, -0.1) is 0 Å². The molecule has 0 saturated heterocycles. The molecule has 4 heteroatoms. The number of nitrogens with two attached hydrogens (primary N) is 1. The molecular weight excluding hydrogens is 128 g/mol. The van der Waals surface area contributed by atoms with Gasteiger partial charge in [-0.2, -0.15) is 0 Å². The molecule has 1 saturated carbocycles. The van der Waals surface area contributed by atoms with Crippen LogP contribution in [-0.4, -0.2) is 23.2 Å². The van der Waals surface area contributed by atoms with Crippen LogP contribution in [0.2, 0.25) is 0 Å². The van der Waals surface area contributed by atoms with Crippen LogP contribution in [0.15, 0.2) is 0 Å². The smallest absolute Gasteiger partial charge is 0.275 e. The van der Waals surface area contributed by atoms with E-state index in [4.69, 9.17) is 10.8 Å². The minimum atomic E-state index is -2.95. The van der Waals surface area contributed by atoms with E-state index in [1.165, 1.54) is 0 Å². The van der Waals surface area contributed by atoms with Crippen LogP contribution < -0.4 is 5.73 Å². The van der Waals surface area contributed by atoms with Gasteiger partial charge in [0.15, 0.2) is 0 Å². The molecule has 3 N–H and O–H groups in total. The molecule has 0 bridgehead atoms. The average Bonchev–Trinajstić information content (AvgIpc) is 1.97. The summed E-state index contributed by atoms with van der Waals surface area (Å²) in [6.45, 7) is 0. The van der Waals surface area contributed by atoms with Crippen LogP contribution in [0.3, 0.4) is 0 Å². The first-order valence-corrected chi connectivity index (χ1v) is 2.85. The van der Waals surface area contributed by atoms with E-state index in [2.05, 4.69) is 0 Å². The van der Waals surface area contributed by atoms with Crippen molar-refractivity contribution in [3.63, 3.8) is 0 Å². The van der Waals surface area contributed by atoms with E-state index >= 15 is 0 Å². The van der Waals surface area contributed by atoms with Crippen molar-refractivity contribution in [1.82, 2.24) is 0 Å². The molecule has 0 aromatic carbocycles. The van der Waals surface area contributed by atoms with E-state index in [-0.39, 0.29) is 12.8 Å². The number of aliphatic hydroxyl groups is 1. The van der Waals surface area contributed by atoms with Gasteiger partial charge in [-0.05, 0) is 6.42 Å². The van der Waals surface area contributed by atoms with E-state index < -0.39 is 18.1 Å². The van der Waals surface area contributed by atoms with Gasteiger partial charge in [-0.25, -0.2) is 8.78 Å². The van der Waals surface area contributed by atoms with Crippen LogP contribution in [0, 0.1) is 0 Å². The van der Waals surface area contributed by atoms with Crippen molar-refractivity contribution in [1.29, 1.82) is 0 Å². The number of rotatable bonds is 0. The highest BCUT2D eigenvalue weighted by Gasteiger charge is 2.47. The average molecular weight is 137 g/mol. The van der Waals surface area contributed by atoms with Crippen LogP contribution in [0.25, 0.3) is 0 Å². The molecule has 0 aromatic heterocycles. The molecule has 0 amide bonds. The molecule has 0 heterocycles. The number of hydrogen-bond acceptors (Lipinski definition) is 2. The third kappa shape index (κ3) is 1.04. The predicted octanol–water partition coefficient (Wildman–Crippen LogP) is 0.104. The zero-order chi connectivity index (χ0) is 7.07. The fourth-order valence-corrected chi connectivity index (χ4v) is 0.978. The Kier molecular flexibility index (Phi) is 1.44. The second-order valence-corrected chi connectivity index (χ2v) is 2.41. The Balaban J connectivity index is 2.62. The topological polar surface area (TPSA) is 46.2 Å². The van der Waals surface area contributed by atoms with Crippen LogP contribution in [0.5, 0.6) is 0 Å². The van der Waals surface area contributed by atoms with Crippen LogP contribution >= 0.6 is 0 Å². The fourth-order valence-electron chi connectivity index (χ4n) is 0.978. The number of hydrogen-bond donors (Lipinski definition) is 2. The van der Waals surface area contributed by atoms with E-state index in [0.29, 0.717) is 0 Å². The quantitative estimate of drug-likeness (QED) is 0.497. The fraction of sp³-hybridized carbons (Fsp3) is 1.00. The molecule has 1 aliphatic rings. The molecule has 54 valence electrons. The largest absolute Gasteiger partial charge is 0.385 e. The molecule has 0 spiro atoms. The second-order valence-electron chi connectivity index (χ2n) is 2.41. The molecule has 9 heavy (non-hydrogen) atoms. The summed E-state index contributed by atoms with van der Waals surface area (Å²) < 4.78 is 24.5. The van der Waals surface area contributed by atoms with Crippen molar-refractivity contribution in [3.05, 3.63) is 0 Å². The molecule has 0 unspecified atom stereocenters. The molecule has 0 aliphatic heterocycles. The van der Waals surface area contributed by atoms with Gasteiger partial charge in [0.05, 0.1) is 0 Å². The maximum absolute atomic E-state index is 12.3. The van der Waals surface area contributed by atoms with Gasteiger partial charge in [0.1, 0.15) is 6.10 Å². The summed E-state index contributed by atoms with van der Waals surface area (Å²) in [7, 11) is 0. The van der Waals surface area contributed by atoms with E-state index in [9.17, 15) is 8.78 Å². The minimum absolute atomic E-state index is 0.216. The van der Waals surface area contributed by atoms with Gasteiger partial charge in [-0.1, -0.05) is 0 Å². The number of halogens is 2. The van der Waals surface area contributed by atoms with Crippen molar-refractivity contribution in [3.8, 4) is 0 Å². The van der Waals surface area contributed by atoms with Crippen molar-refractivity contribution in [2.75, 3.05) is 0 Å². The summed E-state index contributed by atoms with van der Waals surface area (Å²) in [5.74, 6) is -2.95. The zero-order valence-corrected chi connectivity index (χ0v) is 4.85.